The van der Waals surface area contributed by atoms with Gasteiger partial charge in [0.1, 0.15) is 21.7 Å². The second kappa shape index (κ2) is 8.44. The van der Waals surface area contributed by atoms with Gasteiger partial charge in [0.25, 0.3) is 5.56 Å². The van der Waals surface area contributed by atoms with Crippen LogP contribution in [0.2, 0.25) is 0 Å². The van der Waals surface area contributed by atoms with Gasteiger partial charge in [-0.1, -0.05) is 66.4 Å². The molecule has 0 saturated heterocycles. The van der Waals surface area contributed by atoms with Gasteiger partial charge < -0.3 is 9.52 Å². The van der Waals surface area contributed by atoms with Gasteiger partial charge in [-0.25, -0.2) is 9.18 Å². The van der Waals surface area contributed by atoms with Crippen molar-refractivity contribution in [1.82, 2.24) is 4.57 Å². The highest BCUT2D eigenvalue weighted by Crippen LogP contribution is 2.36. The first-order valence-corrected chi connectivity index (χ1v) is 10.8. The molecular formula is C26H16FNO4S. The van der Waals surface area contributed by atoms with E-state index in [0.29, 0.717) is 16.2 Å². The van der Waals surface area contributed by atoms with Gasteiger partial charge >= 0.3 is 5.63 Å². The van der Waals surface area contributed by atoms with Crippen LogP contribution in [0.1, 0.15) is 0 Å². The van der Waals surface area contributed by atoms with E-state index in [2.05, 4.69) is 0 Å². The van der Waals surface area contributed by atoms with Gasteiger partial charge in [-0.3, -0.25) is 9.36 Å². The highest BCUT2D eigenvalue weighted by molar-refractivity contribution is 7.99. The van der Waals surface area contributed by atoms with Crippen molar-refractivity contribution < 1.29 is 13.9 Å². The minimum atomic E-state index is -0.754. The maximum absolute atomic E-state index is 14.0. The van der Waals surface area contributed by atoms with E-state index in [4.69, 9.17) is 4.42 Å². The SMILES string of the molecule is O=c1oc2cc(-c3ccccc3)n(-c3cccc(F)c3)c(=O)c2c(O)c1Sc1ccccc1. The Labute approximate surface area is 191 Å². The molecule has 7 heteroatoms. The van der Waals surface area contributed by atoms with Crippen molar-refractivity contribution in [3.05, 3.63) is 118 Å². The van der Waals surface area contributed by atoms with Crippen LogP contribution in [0.25, 0.3) is 27.9 Å². The summed E-state index contributed by atoms with van der Waals surface area (Å²) < 4.78 is 20.8. The third kappa shape index (κ3) is 3.83. The van der Waals surface area contributed by atoms with Gasteiger partial charge in [0.2, 0.25) is 0 Å². The second-order valence-corrected chi connectivity index (χ2v) is 8.32. The number of hydrogen-bond donors (Lipinski definition) is 1. The van der Waals surface area contributed by atoms with Gasteiger partial charge in [-0.2, -0.15) is 0 Å². The van der Waals surface area contributed by atoms with Gasteiger partial charge in [0, 0.05) is 11.0 Å². The Bertz CT molecular complexity index is 1590. The van der Waals surface area contributed by atoms with Gasteiger partial charge in [-0.05, 0) is 35.9 Å². The Morgan fingerprint density at radius 2 is 1.55 bits per heavy atom. The molecule has 0 spiro atoms. The van der Waals surface area contributed by atoms with E-state index in [1.54, 1.807) is 54.6 Å². The van der Waals surface area contributed by atoms with Crippen LogP contribution >= 0.6 is 11.8 Å². The molecule has 0 atom stereocenters. The van der Waals surface area contributed by atoms with Crippen LogP contribution in [0, 0.1) is 5.82 Å². The fraction of sp³-hybridized carbons (Fsp3) is 0. The Morgan fingerprint density at radius 1 is 0.848 bits per heavy atom. The molecule has 0 radical (unpaired) electrons. The lowest BCUT2D eigenvalue weighted by molar-refractivity contribution is 0.446. The fourth-order valence-corrected chi connectivity index (χ4v) is 4.48. The maximum Gasteiger partial charge on any atom is 0.354 e. The van der Waals surface area contributed by atoms with Crippen molar-refractivity contribution in [3.8, 4) is 22.7 Å². The van der Waals surface area contributed by atoms with Crippen LogP contribution < -0.4 is 11.2 Å². The van der Waals surface area contributed by atoms with E-state index < -0.39 is 22.8 Å². The fourth-order valence-electron chi connectivity index (χ4n) is 3.63. The zero-order valence-corrected chi connectivity index (χ0v) is 17.9. The lowest BCUT2D eigenvalue weighted by Crippen LogP contribution is -2.22. The lowest BCUT2D eigenvalue weighted by atomic mass is 10.1. The molecule has 0 aliphatic rings. The largest absolute Gasteiger partial charge is 0.505 e. The predicted molar refractivity (Wildman–Crippen MR) is 126 cm³/mol. The highest BCUT2D eigenvalue weighted by atomic mass is 32.2. The molecule has 2 aromatic heterocycles. The Hall–Kier alpha value is -4.10. The summed E-state index contributed by atoms with van der Waals surface area (Å²) in [6, 6.07) is 25.1. The summed E-state index contributed by atoms with van der Waals surface area (Å²) in [7, 11) is 0. The minimum Gasteiger partial charge on any atom is -0.505 e. The van der Waals surface area contributed by atoms with Gasteiger partial charge in [0.05, 0.1) is 11.4 Å². The van der Waals surface area contributed by atoms with Gasteiger partial charge in [0.15, 0.2) is 5.75 Å². The standard InChI is InChI=1S/C26H16FNO4S/c27-17-10-7-11-18(14-17)28-20(16-8-3-1-4-9-16)15-21-22(25(28)30)23(29)24(26(31)32-21)33-19-12-5-2-6-13-19/h1-15,29H. The van der Waals surface area contributed by atoms with E-state index in [-0.39, 0.29) is 21.6 Å². The van der Waals surface area contributed by atoms with Crippen LogP contribution in [-0.2, 0) is 0 Å². The Balaban J connectivity index is 1.84. The molecule has 0 unspecified atom stereocenters. The van der Waals surface area contributed by atoms with Crippen LogP contribution in [0.4, 0.5) is 4.39 Å². The van der Waals surface area contributed by atoms with E-state index >= 15 is 0 Å². The summed E-state index contributed by atoms with van der Waals surface area (Å²) in [4.78, 5) is 27.0. The molecule has 162 valence electrons. The first-order chi connectivity index (χ1) is 16.0. The van der Waals surface area contributed by atoms with E-state index in [1.165, 1.54) is 28.8 Å². The number of nitrogens with zero attached hydrogens (tertiary/aromatic N) is 1. The number of fused-ring (bicyclic) bond motifs is 1. The first-order valence-electron chi connectivity index (χ1n) is 10.0. The van der Waals surface area contributed by atoms with Crippen molar-refractivity contribution >= 4 is 22.7 Å². The third-order valence-electron chi connectivity index (χ3n) is 5.11. The summed E-state index contributed by atoms with van der Waals surface area (Å²) in [5.74, 6) is -0.979. The number of hydrogen-bond acceptors (Lipinski definition) is 5. The molecule has 0 fully saturated rings. The minimum absolute atomic E-state index is 0.0496. The van der Waals surface area contributed by atoms with Crippen LogP contribution in [-0.4, -0.2) is 9.67 Å². The van der Waals surface area contributed by atoms with E-state index in [0.717, 1.165) is 11.8 Å². The van der Waals surface area contributed by atoms with Crippen molar-refractivity contribution in [2.75, 3.05) is 0 Å². The number of aromatic nitrogens is 1. The smallest absolute Gasteiger partial charge is 0.354 e. The molecule has 2 heterocycles. The summed E-state index contributed by atoms with van der Waals surface area (Å²) in [6.45, 7) is 0. The summed E-state index contributed by atoms with van der Waals surface area (Å²) in [5.41, 5.74) is -0.103. The Morgan fingerprint density at radius 3 is 2.24 bits per heavy atom. The Kier molecular flexibility index (Phi) is 5.32. The quantitative estimate of drug-likeness (QED) is 0.380. The molecule has 0 saturated carbocycles. The average Bonchev–Trinajstić information content (AvgIpc) is 2.82. The summed E-state index contributed by atoms with van der Waals surface area (Å²) in [6.07, 6.45) is 0. The van der Waals surface area contributed by atoms with E-state index in [1.807, 2.05) is 12.1 Å². The monoisotopic (exact) mass is 457 g/mol. The van der Waals surface area contributed by atoms with Crippen molar-refractivity contribution in [2.45, 2.75) is 9.79 Å². The topological polar surface area (TPSA) is 72.4 Å². The van der Waals surface area contributed by atoms with Crippen molar-refractivity contribution in [3.63, 3.8) is 0 Å². The zero-order chi connectivity index (χ0) is 22.9. The molecule has 0 amide bonds. The normalized spacial score (nSPS) is 11.1. The third-order valence-corrected chi connectivity index (χ3v) is 6.18. The number of rotatable bonds is 4. The molecule has 5 nitrogen and oxygen atoms in total. The lowest BCUT2D eigenvalue weighted by Gasteiger charge is -2.15. The van der Waals surface area contributed by atoms with Crippen LogP contribution in [0.3, 0.4) is 0 Å². The van der Waals surface area contributed by atoms with Crippen molar-refractivity contribution in [2.24, 2.45) is 0 Å². The maximum atomic E-state index is 14.0. The molecule has 0 aliphatic heterocycles. The predicted octanol–water partition coefficient (Wildman–Crippen LogP) is 5.61. The second-order valence-electron chi connectivity index (χ2n) is 7.24. The van der Waals surface area contributed by atoms with Gasteiger partial charge in [-0.15, -0.1) is 0 Å². The zero-order valence-electron chi connectivity index (χ0n) is 17.1. The molecule has 5 rings (SSSR count). The molecule has 33 heavy (non-hydrogen) atoms. The first kappa shape index (κ1) is 20.8. The average molecular weight is 457 g/mol. The molecule has 5 aromatic rings. The highest BCUT2D eigenvalue weighted by Gasteiger charge is 2.22. The molecule has 0 aliphatic carbocycles. The number of benzene rings is 3. The van der Waals surface area contributed by atoms with Crippen LogP contribution in [0.15, 0.2) is 115 Å². The number of aromatic hydroxyl groups is 1. The summed E-state index contributed by atoms with van der Waals surface area (Å²) >= 11 is 1.00. The van der Waals surface area contributed by atoms with E-state index in [9.17, 15) is 19.1 Å². The van der Waals surface area contributed by atoms with Crippen LogP contribution in [0.5, 0.6) is 5.75 Å². The molecule has 1 N–H and O–H groups in total. The molecule has 3 aromatic carbocycles. The molecular weight excluding hydrogens is 441 g/mol. The number of halogens is 1. The van der Waals surface area contributed by atoms with Crippen molar-refractivity contribution in [1.29, 1.82) is 0 Å². The number of pyridine rings is 1. The molecule has 0 bridgehead atoms. The summed E-state index contributed by atoms with van der Waals surface area (Å²) in [5, 5.41) is 10.8.